The Balaban J connectivity index is 1.53. The van der Waals surface area contributed by atoms with Crippen molar-refractivity contribution in [3.8, 4) is 0 Å². The molecule has 1 saturated heterocycles. The molecular formula is C19H27N5O2. The number of hydrogen-bond donors (Lipinski definition) is 1. The Hall–Kier alpha value is -2.15. The van der Waals surface area contributed by atoms with E-state index in [2.05, 4.69) is 29.2 Å². The predicted octanol–water partition coefficient (Wildman–Crippen LogP) is 1.67. The molecule has 26 heavy (non-hydrogen) atoms. The first-order valence-electron chi connectivity index (χ1n) is 9.73. The van der Waals surface area contributed by atoms with Gasteiger partial charge < -0.3 is 10.4 Å². The van der Waals surface area contributed by atoms with Crippen LogP contribution >= 0.6 is 0 Å². The lowest BCUT2D eigenvalue weighted by Gasteiger charge is -2.38. The first-order chi connectivity index (χ1) is 12.5. The quantitative estimate of drug-likeness (QED) is 0.665. The molecule has 0 bridgehead atoms. The summed E-state index contributed by atoms with van der Waals surface area (Å²) in [6, 6.07) is 4.79. The lowest BCUT2D eigenvalue weighted by molar-refractivity contribution is -0.672. The van der Waals surface area contributed by atoms with Crippen molar-refractivity contribution >= 4 is 17.0 Å². The summed E-state index contributed by atoms with van der Waals surface area (Å²) in [6.07, 6.45) is 6.72. The third-order valence-corrected chi connectivity index (χ3v) is 6.02. The highest BCUT2D eigenvalue weighted by molar-refractivity contribution is 5.71. The standard InChI is InChI=1S/C19H27N5O2/c1-13-5-3-6-14(2)22(13)10-9-20-19-21-24(26)18-12-16-8-4-7-15(16)11-17(18)23(19)25/h11-14H,3-10H2,1-2H3,(H,20,21). The summed E-state index contributed by atoms with van der Waals surface area (Å²) in [5.74, 6) is 0.0859. The molecule has 2 heterocycles. The Morgan fingerprint density at radius 2 is 1.73 bits per heavy atom. The minimum atomic E-state index is 0.0859. The van der Waals surface area contributed by atoms with E-state index in [4.69, 9.17) is 0 Å². The summed E-state index contributed by atoms with van der Waals surface area (Å²) in [4.78, 5) is 3.04. The van der Waals surface area contributed by atoms with Crippen molar-refractivity contribution in [2.24, 2.45) is 0 Å². The Labute approximate surface area is 153 Å². The summed E-state index contributed by atoms with van der Waals surface area (Å²) in [5.41, 5.74) is 3.09. The molecule has 140 valence electrons. The fraction of sp³-hybridized carbons (Fsp3) is 0.632. The van der Waals surface area contributed by atoms with E-state index in [1.807, 2.05) is 12.1 Å². The third-order valence-electron chi connectivity index (χ3n) is 6.02. The second kappa shape index (κ2) is 6.87. The normalized spacial score (nSPS) is 23.3. The van der Waals surface area contributed by atoms with Crippen LogP contribution in [0.3, 0.4) is 0 Å². The first-order valence-corrected chi connectivity index (χ1v) is 9.73. The molecule has 2 aromatic rings. The van der Waals surface area contributed by atoms with Gasteiger partial charge in [-0.15, -0.1) is 0 Å². The van der Waals surface area contributed by atoms with E-state index < -0.39 is 0 Å². The van der Waals surface area contributed by atoms with Crippen molar-refractivity contribution in [1.82, 2.24) is 10.00 Å². The van der Waals surface area contributed by atoms with Crippen LogP contribution in [0.15, 0.2) is 12.1 Å². The summed E-state index contributed by atoms with van der Waals surface area (Å²) >= 11 is 0. The Kier molecular flexibility index (Phi) is 4.56. The van der Waals surface area contributed by atoms with Crippen LogP contribution in [0, 0.1) is 10.4 Å². The molecule has 1 aliphatic heterocycles. The van der Waals surface area contributed by atoms with E-state index in [1.54, 1.807) is 0 Å². The van der Waals surface area contributed by atoms with Crippen molar-refractivity contribution < 1.29 is 9.58 Å². The van der Waals surface area contributed by atoms with Crippen molar-refractivity contribution in [2.75, 3.05) is 18.4 Å². The molecule has 2 aliphatic rings. The average Bonchev–Trinajstić information content (AvgIpc) is 3.08. The van der Waals surface area contributed by atoms with Gasteiger partial charge in [0.1, 0.15) is 0 Å². The molecule has 1 aromatic heterocycles. The van der Waals surface area contributed by atoms with Gasteiger partial charge in [0.25, 0.3) is 5.52 Å². The zero-order chi connectivity index (χ0) is 18.3. The number of rotatable bonds is 4. The fourth-order valence-corrected chi connectivity index (χ4v) is 4.53. The van der Waals surface area contributed by atoms with E-state index in [-0.39, 0.29) is 5.95 Å². The highest BCUT2D eigenvalue weighted by Gasteiger charge is 2.26. The number of benzene rings is 1. The van der Waals surface area contributed by atoms with Gasteiger partial charge >= 0.3 is 5.95 Å². The number of anilines is 1. The number of fused-ring (bicyclic) bond motifs is 2. The molecule has 0 radical (unpaired) electrons. The summed E-state index contributed by atoms with van der Waals surface area (Å²) in [7, 11) is 0. The molecule has 7 nitrogen and oxygen atoms in total. The van der Waals surface area contributed by atoms with E-state index in [9.17, 15) is 10.4 Å². The zero-order valence-electron chi connectivity index (χ0n) is 15.6. The van der Waals surface area contributed by atoms with Gasteiger partial charge in [-0.25, -0.2) is 4.73 Å². The van der Waals surface area contributed by atoms with Crippen LogP contribution in [-0.2, 0) is 12.8 Å². The Bertz CT molecular complexity index is 815. The van der Waals surface area contributed by atoms with Gasteiger partial charge in [-0.1, -0.05) is 6.42 Å². The fourth-order valence-electron chi connectivity index (χ4n) is 4.53. The summed E-state index contributed by atoms with van der Waals surface area (Å²) in [6.45, 7) is 5.94. The van der Waals surface area contributed by atoms with Crippen molar-refractivity contribution in [3.05, 3.63) is 33.7 Å². The highest BCUT2D eigenvalue weighted by Crippen LogP contribution is 2.25. The number of piperidine rings is 1. The lowest BCUT2D eigenvalue weighted by Crippen LogP contribution is -2.47. The van der Waals surface area contributed by atoms with Gasteiger partial charge in [0.2, 0.25) is 5.10 Å². The average molecular weight is 357 g/mol. The number of aryl methyl sites for hydroxylation is 2. The van der Waals surface area contributed by atoms with Crippen LogP contribution < -0.4 is 14.9 Å². The topological polar surface area (TPSA) is 82.0 Å². The molecular weight excluding hydrogens is 330 g/mol. The van der Waals surface area contributed by atoms with Gasteiger partial charge in [0, 0.05) is 29.5 Å². The van der Waals surface area contributed by atoms with Crippen LogP contribution in [0.25, 0.3) is 11.0 Å². The van der Waals surface area contributed by atoms with Gasteiger partial charge in [-0.2, -0.15) is 0 Å². The molecule has 1 aromatic carbocycles. The SMILES string of the molecule is CC1CCCC(C)N1CCNc1n[n+]([O-])c2cc3c(cc2[n+]1[O-])CCC3. The number of hydrogen-bond acceptors (Lipinski definition) is 5. The van der Waals surface area contributed by atoms with E-state index in [0.717, 1.165) is 36.1 Å². The largest absolute Gasteiger partial charge is 0.739 e. The third kappa shape index (κ3) is 3.05. The van der Waals surface area contributed by atoms with E-state index in [1.165, 1.54) is 24.8 Å². The van der Waals surface area contributed by atoms with Crippen LogP contribution in [-0.4, -0.2) is 35.2 Å². The summed E-state index contributed by atoms with van der Waals surface area (Å²) in [5, 5.41) is 32.0. The minimum Gasteiger partial charge on any atom is -0.739 e. The van der Waals surface area contributed by atoms with Gasteiger partial charge in [0.15, 0.2) is 5.52 Å². The van der Waals surface area contributed by atoms with Crippen LogP contribution in [0.2, 0.25) is 0 Å². The monoisotopic (exact) mass is 357 g/mol. The Morgan fingerprint density at radius 3 is 2.42 bits per heavy atom. The smallest absolute Gasteiger partial charge is 0.461 e. The lowest BCUT2D eigenvalue weighted by atomic mass is 9.98. The second-order valence-corrected chi connectivity index (χ2v) is 7.75. The van der Waals surface area contributed by atoms with Crippen LogP contribution in [0.4, 0.5) is 5.95 Å². The molecule has 1 N–H and O–H groups in total. The van der Waals surface area contributed by atoms with Crippen molar-refractivity contribution in [3.63, 3.8) is 0 Å². The van der Waals surface area contributed by atoms with Crippen LogP contribution in [0.1, 0.15) is 50.7 Å². The number of nitrogens with one attached hydrogen (secondary N) is 1. The predicted molar refractivity (Wildman–Crippen MR) is 99.7 cm³/mol. The van der Waals surface area contributed by atoms with Gasteiger partial charge in [-0.3, -0.25) is 10.2 Å². The number of likely N-dealkylation sites (tertiary alicyclic amines) is 1. The van der Waals surface area contributed by atoms with Gasteiger partial charge in [-0.05, 0) is 63.1 Å². The molecule has 7 heteroatoms. The molecule has 0 spiro atoms. The Morgan fingerprint density at radius 1 is 1.08 bits per heavy atom. The molecule has 1 aliphatic carbocycles. The maximum Gasteiger partial charge on any atom is 0.461 e. The van der Waals surface area contributed by atoms with E-state index in [0.29, 0.717) is 34.5 Å². The molecule has 1 fully saturated rings. The van der Waals surface area contributed by atoms with E-state index >= 15 is 0 Å². The summed E-state index contributed by atoms with van der Waals surface area (Å²) < 4.78 is 0.769. The molecule has 0 amide bonds. The highest BCUT2D eigenvalue weighted by atomic mass is 16.5. The molecule has 2 unspecified atom stereocenters. The molecule has 2 atom stereocenters. The molecule has 4 rings (SSSR count). The maximum atomic E-state index is 12.7. The molecule has 0 saturated carbocycles. The zero-order valence-corrected chi connectivity index (χ0v) is 15.6. The van der Waals surface area contributed by atoms with Crippen molar-refractivity contribution in [2.45, 2.75) is 64.5 Å². The number of nitrogens with zero attached hydrogens (tertiary/aromatic N) is 4. The number of aromatic nitrogens is 3. The minimum absolute atomic E-state index is 0.0859. The second-order valence-electron chi connectivity index (χ2n) is 7.75. The van der Waals surface area contributed by atoms with Crippen molar-refractivity contribution in [1.29, 1.82) is 0 Å². The van der Waals surface area contributed by atoms with Crippen LogP contribution in [0.5, 0.6) is 0 Å². The maximum absolute atomic E-state index is 12.7. The van der Waals surface area contributed by atoms with Gasteiger partial charge in [0.05, 0.1) is 6.54 Å². The first kappa shape index (κ1) is 17.3.